The smallest absolute Gasteiger partial charge is 0.264 e. The molecule has 9 heteroatoms. The molecule has 0 radical (unpaired) electrons. The van der Waals surface area contributed by atoms with Gasteiger partial charge in [0.1, 0.15) is 12.4 Å². The number of aromatic amines is 1. The van der Waals surface area contributed by atoms with Crippen molar-refractivity contribution >= 4 is 50.2 Å². The Hall–Kier alpha value is -2.75. The molecule has 0 bridgehead atoms. The highest BCUT2D eigenvalue weighted by Gasteiger charge is 2.47. The van der Waals surface area contributed by atoms with Crippen LogP contribution in [0.2, 0.25) is 0 Å². The first-order valence-corrected chi connectivity index (χ1v) is 11.4. The number of rotatable bonds is 4. The summed E-state index contributed by atoms with van der Waals surface area (Å²) < 4.78 is 12.1. The number of imidazole rings is 1. The van der Waals surface area contributed by atoms with Gasteiger partial charge >= 0.3 is 0 Å². The van der Waals surface area contributed by atoms with Crippen molar-refractivity contribution in [3.05, 3.63) is 52.3 Å². The van der Waals surface area contributed by atoms with Crippen LogP contribution in [-0.2, 0) is 24.7 Å². The molecule has 3 aromatic rings. The number of anilines is 2. The first-order chi connectivity index (χ1) is 15.5. The number of halogens is 1. The molecule has 2 aromatic carbocycles. The van der Waals surface area contributed by atoms with Crippen molar-refractivity contribution in [2.24, 2.45) is 0 Å². The Morgan fingerprint density at radius 2 is 2.12 bits per heavy atom. The van der Waals surface area contributed by atoms with Crippen molar-refractivity contribution in [3.8, 4) is 0 Å². The molecular weight excluding hydrogens is 476 g/mol. The van der Waals surface area contributed by atoms with Crippen LogP contribution in [0.1, 0.15) is 24.2 Å². The molecule has 2 aliphatic rings. The van der Waals surface area contributed by atoms with Gasteiger partial charge in [-0.1, -0.05) is 15.9 Å². The Morgan fingerprint density at radius 3 is 2.88 bits per heavy atom. The number of nitrogens with one attached hydrogen (secondary N) is 2. The molecule has 1 aromatic heterocycles. The summed E-state index contributed by atoms with van der Waals surface area (Å²) in [5, 5.41) is 3.00. The Kier molecular flexibility index (Phi) is 5.48. The zero-order chi connectivity index (χ0) is 22.3. The fourth-order valence-electron chi connectivity index (χ4n) is 4.33. The summed E-state index contributed by atoms with van der Waals surface area (Å²) in [7, 11) is 0. The number of hydrogen-bond donors (Lipinski definition) is 2. The molecule has 1 unspecified atom stereocenters. The Morgan fingerprint density at radius 1 is 1.25 bits per heavy atom. The molecular formula is C23H23BrN4O4. The van der Waals surface area contributed by atoms with Crippen molar-refractivity contribution in [1.82, 2.24) is 9.97 Å². The number of carbonyl (C=O) groups is 2. The number of morpholine rings is 1. The minimum atomic E-state index is -1.17. The average molecular weight is 499 g/mol. The zero-order valence-electron chi connectivity index (χ0n) is 17.6. The van der Waals surface area contributed by atoms with Crippen molar-refractivity contribution in [3.63, 3.8) is 0 Å². The van der Waals surface area contributed by atoms with Crippen molar-refractivity contribution in [2.75, 3.05) is 36.6 Å². The number of aryl methyl sites for hydroxylation is 1. The largest absolute Gasteiger partial charge is 0.370 e. The number of benzene rings is 2. The summed E-state index contributed by atoms with van der Waals surface area (Å²) in [5.74, 6) is 0.182. The molecule has 2 saturated heterocycles. The quantitative estimate of drug-likeness (QED) is 0.572. The van der Waals surface area contributed by atoms with Crippen LogP contribution in [0.15, 0.2) is 40.9 Å². The molecule has 0 saturated carbocycles. The summed E-state index contributed by atoms with van der Waals surface area (Å²) in [4.78, 5) is 35.3. The molecule has 3 heterocycles. The van der Waals surface area contributed by atoms with E-state index in [1.165, 1.54) is 0 Å². The van der Waals surface area contributed by atoms with E-state index in [1.807, 2.05) is 37.3 Å². The van der Waals surface area contributed by atoms with Crippen LogP contribution < -0.4 is 10.2 Å². The van der Waals surface area contributed by atoms with E-state index in [-0.39, 0.29) is 18.4 Å². The monoisotopic (exact) mass is 498 g/mol. The van der Waals surface area contributed by atoms with E-state index in [0.29, 0.717) is 37.7 Å². The lowest BCUT2D eigenvalue weighted by Gasteiger charge is -2.29. The van der Waals surface area contributed by atoms with E-state index in [1.54, 1.807) is 11.0 Å². The minimum absolute atomic E-state index is 0.0639. The van der Waals surface area contributed by atoms with Gasteiger partial charge in [0.2, 0.25) is 5.60 Å². The molecule has 1 atom stereocenters. The Labute approximate surface area is 193 Å². The molecule has 166 valence electrons. The van der Waals surface area contributed by atoms with E-state index >= 15 is 0 Å². The van der Waals surface area contributed by atoms with Crippen LogP contribution in [0.25, 0.3) is 11.0 Å². The van der Waals surface area contributed by atoms with Gasteiger partial charge in [-0.15, -0.1) is 0 Å². The van der Waals surface area contributed by atoms with Crippen molar-refractivity contribution in [2.45, 2.75) is 25.4 Å². The number of carbonyl (C=O) groups excluding carboxylic acids is 2. The molecule has 2 N–H and O–H groups in total. The number of fused-ring (bicyclic) bond motifs is 1. The molecule has 0 aliphatic carbocycles. The third kappa shape index (κ3) is 3.70. The van der Waals surface area contributed by atoms with Gasteiger partial charge in [0.05, 0.1) is 17.6 Å². The molecule has 2 amide bonds. The van der Waals surface area contributed by atoms with Gasteiger partial charge in [-0.05, 0) is 61.7 Å². The number of ether oxygens (including phenoxy) is 2. The van der Waals surface area contributed by atoms with Crippen molar-refractivity contribution < 1.29 is 19.1 Å². The van der Waals surface area contributed by atoms with Gasteiger partial charge < -0.3 is 24.7 Å². The van der Waals surface area contributed by atoms with Gasteiger partial charge in [-0.3, -0.25) is 9.59 Å². The molecule has 5 rings (SSSR count). The second kappa shape index (κ2) is 8.31. The lowest BCUT2D eigenvalue weighted by Crippen LogP contribution is -2.42. The molecule has 2 fully saturated rings. The predicted molar refractivity (Wildman–Crippen MR) is 124 cm³/mol. The SMILES string of the molecule is Cc1cc(NC(=O)C2(c3nc4ccc(Br)cc4[nH]3)CCCO2)ccc1N1CCOCC1=O. The average Bonchev–Trinajstić information content (AvgIpc) is 3.42. The lowest BCUT2D eigenvalue weighted by molar-refractivity contribution is -0.137. The number of amides is 2. The molecule has 8 nitrogen and oxygen atoms in total. The van der Waals surface area contributed by atoms with Crippen LogP contribution in [0.3, 0.4) is 0 Å². The summed E-state index contributed by atoms with van der Waals surface area (Å²) >= 11 is 3.47. The van der Waals surface area contributed by atoms with Crippen molar-refractivity contribution in [1.29, 1.82) is 0 Å². The highest BCUT2D eigenvalue weighted by atomic mass is 79.9. The summed E-state index contributed by atoms with van der Waals surface area (Å²) in [6.07, 6.45) is 1.31. The summed E-state index contributed by atoms with van der Waals surface area (Å²) in [6, 6.07) is 11.3. The number of nitrogens with zero attached hydrogens (tertiary/aromatic N) is 2. The number of aromatic nitrogens is 2. The molecule has 32 heavy (non-hydrogen) atoms. The second-order valence-electron chi connectivity index (χ2n) is 8.08. The van der Waals surface area contributed by atoms with Gasteiger partial charge in [0.15, 0.2) is 0 Å². The van der Waals surface area contributed by atoms with Crippen LogP contribution in [0.5, 0.6) is 0 Å². The van der Waals surface area contributed by atoms with Gasteiger partial charge in [-0.25, -0.2) is 4.98 Å². The zero-order valence-corrected chi connectivity index (χ0v) is 19.2. The van der Waals surface area contributed by atoms with Gasteiger partial charge in [-0.2, -0.15) is 0 Å². The lowest BCUT2D eigenvalue weighted by atomic mass is 9.97. The maximum Gasteiger partial charge on any atom is 0.264 e. The van der Waals surface area contributed by atoms with E-state index < -0.39 is 5.60 Å². The number of hydrogen-bond acceptors (Lipinski definition) is 5. The Bertz CT molecular complexity index is 1200. The van der Waals surface area contributed by atoms with Crippen LogP contribution in [0, 0.1) is 6.92 Å². The van der Waals surface area contributed by atoms with E-state index in [2.05, 4.69) is 31.2 Å². The first-order valence-electron chi connectivity index (χ1n) is 10.6. The maximum atomic E-state index is 13.4. The van der Waals surface area contributed by atoms with Crippen LogP contribution in [-0.4, -0.2) is 48.1 Å². The molecule has 2 aliphatic heterocycles. The maximum absolute atomic E-state index is 13.4. The third-order valence-corrected chi connectivity index (χ3v) is 6.44. The van der Waals surface area contributed by atoms with Crippen LogP contribution >= 0.6 is 15.9 Å². The molecule has 0 spiro atoms. The van der Waals surface area contributed by atoms with Crippen LogP contribution in [0.4, 0.5) is 11.4 Å². The standard InChI is InChI=1S/C23H23BrN4O4/c1-14-11-16(4-6-19(14)28-8-10-31-13-20(28)29)25-22(30)23(7-2-9-32-23)21-26-17-5-3-15(24)12-18(17)27-21/h3-6,11-12H,2,7-10,13H2,1H3,(H,25,30)(H,26,27). The van der Waals surface area contributed by atoms with E-state index in [0.717, 1.165) is 33.2 Å². The minimum Gasteiger partial charge on any atom is -0.370 e. The highest BCUT2D eigenvalue weighted by molar-refractivity contribution is 9.10. The van der Waals surface area contributed by atoms with E-state index in [4.69, 9.17) is 9.47 Å². The summed E-state index contributed by atoms with van der Waals surface area (Å²) in [5.41, 5.74) is 2.82. The van der Waals surface area contributed by atoms with E-state index in [9.17, 15) is 9.59 Å². The second-order valence-corrected chi connectivity index (χ2v) is 8.99. The summed E-state index contributed by atoms with van der Waals surface area (Å²) in [6.45, 7) is 3.53. The first kappa shape index (κ1) is 21.1. The third-order valence-electron chi connectivity index (χ3n) is 5.95. The fourth-order valence-corrected chi connectivity index (χ4v) is 4.69. The topological polar surface area (TPSA) is 96.6 Å². The number of H-pyrrole nitrogens is 1. The van der Waals surface area contributed by atoms with Gasteiger partial charge in [0, 0.05) is 29.0 Å². The predicted octanol–water partition coefficient (Wildman–Crippen LogP) is 3.64. The fraction of sp³-hybridized carbons (Fsp3) is 0.348. The highest BCUT2D eigenvalue weighted by Crippen LogP contribution is 2.37. The van der Waals surface area contributed by atoms with Gasteiger partial charge in [0.25, 0.3) is 11.8 Å². The Balaban J connectivity index is 1.42. The normalized spacial score (nSPS) is 21.3.